The zero-order valence-corrected chi connectivity index (χ0v) is 15.8. The van der Waals surface area contributed by atoms with E-state index in [-0.39, 0.29) is 5.12 Å². The average Bonchev–Trinajstić information content (AvgIpc) is 2.65. The van der Waals surface area contributed by atoms with Crippen LogP contribution in [0, 0.1) is 13.8 Å². The van der Waals surface area contributed by atoms with Crippen molar-refractivity contribution in [3.05, 3.63) is 94.5 Å². The maximum absolute atomic E-state index is 12.5. The van der Waals surface area contributed by atoms with Gasteiger partial charge in [-0.3, -0.25) is 4.79 Å². The van der Waals surface area contributed by atoms with Crippen LogP contribution in [-0.4, -0.2) is 10.2 Å². The Labute approximate surface area is 158 Å². The third kappa shape index (κ3) is 4.55. The third-order valence-electron chi connectivity index (χ3n) is 4.37. The van der Waals surface area contributed by atoms with E-state index >= 15 is 0 Å². The van der Waals surface area contributed by atoms with Gasteiger partial charge in [-0.25, -0.2) is 0 Å². The molecule has 0 spiro atoms. The zero-order chi connectivity index (χ0) is 18.5. The van der Waals surface area contributed by atoms with Crippen molar-refractivity contribution < 1.29 is 9.90 Å². The predicted octanol–water partition coefficient (Wildman–Crippen LogP) is 5.73. The summed E-state index contributed by atoms with van der Waals surface area (Å²) in [6.07, 6.45) is 1.74. The van der Waals surface area contributed by atoms with E-state index in [0.717, 1.165) is 40.0 Å². The van der Waals surface area contributed by atoms with Crippen LogP contribution in [0.5, 0.6) is 5.75 Å². The van der Waals surface area contributed by atoms with Crippen molar-refractivity contribution in [1.29, 1.82) is 0 Å². The minimum absolute atomic E-state index is 0.0642. The van der Waals surface area contributed by atoms with E-state index in [1.807, 2.05) is 74.5 Å². The van der Waals surface area contributed by atoms with Crippen molar-refractivity contribution in [1.82, 2.24) is 0 Å². The fourth-order valence-corrected chi connectivity index (χ4v) is 3.74. The summed E-state index contributed by atoms with van der Waals surface area (Å²) in [5.41, 5.74) is 4.89. The normalized spacial score (nSPS) is 10.7. The Kier molecular flexibility index (Phi) is 5.79. The molecule has 0 unspecified atom stereocenters. The molecule has 3 aromatic rings. The quantitative estimate of drug-likeness (QED) is 0.589. The van der Waals surface area contributed by atoms with E-state index in [9.17, 15) is 9.90 Å². The fourth-order valence-electron chi connectivity index (χ4n) is 2.99. The first-order valence-corrected chi connectivity index (χ1v) is 9.50. The van der Waals surface area contributed by atoms with Crippen LogP contribution in [0.3, 0.4) is 0 Å². The molecule has 1 N–H and O–H groups in total. The summed E-state index contributed by atoms with van der Waals surface area (Å²) in [6.45, 7) is 3.85. The van der Waals surface area contributed by atoms with Gasteiger partial charge in [0.05, 0.1) is 0 Å². The number of thioether (sulfide) groups is 1. The molecule has 0 aliphatic carbocycles. The molecule has 26 heavy (non-hydrogen) atoms. The van der Waals surface area contributed by atoms with Crippen LogP contribution in [0.15, 0.2) is 71.6 Å². The summed E-state index contributed by atoms with van der Waals surface area (Å²) in [5, 5.41) is 9.96. The first-order chi connectivity index (χ1) is 12.5. The monoisotopic (exact) mass is 362 g/mol. The van der Waals surface area contributed by atoms with Gasteiger partial charge in [-0.1, -0.05) is 48.5 Å². The first kappa shape index (κ1) is 18.3. The van der Waals surface area contributed by atoms with Gasteiger partial charge >= 0.3 is 0 Å². The maximum Gasteiger partial charge on any atom is 0.224 e. The lowest BCUT2D eigenvalue weighted by molar-refractivity contribution is 0.108. The predicted molar refractivity (Wildman–Crippen MR) is 108 cm³/mol. The average molecular weight is 362 g/mol. The molecule has 0 heterocycles. The number of phenolic OH excluding ortho intramolecular Hbond substituents is 1. The van der Waals surface area contributed by atoms with Crippen molar-refractivity contribution in [3.8, 4) is 5.75 Å². The number of hydrogen-bond donors (Lipinski definition) is 1. The highest BCUT2D eigenvalue weighted by atomic mass is 32.2. The lowest BCUT2D eigenvalue weighted by atomic mass is 9.99. The Hall–Kier alpha value is -2.52. The van der Waals surface area contributed by atoms with Crippen LogP contribution in [0.2, 0.25) is 0 Å². The summed E-state index contributed by atoms with van der Waals surface area (Å²) in [4.78, 5) is 13.5. The van der Waals surface area contributed by atoms with E-state index < -0.39 is 0 Å². The van der Waals surface area contributed by atoms with Crippen molar-refractivity contribution in [2.24, 2.45) is 0 Å². The van der Waals surface area contributed by atoms with Gasteiger partial charge in [0.25, 0.3) is 0 Å². The van der Waals surface area contributed by atoms with Crippen LogP contribution in [-0.2, 0) is 12.8 Å². The maximum atomic E-state index is 12.5. The van der Waals surface area contributed by atoms with E-state index in [2.05, 4.69) is 6.07 Å². The highest BCUT2D eigenvalue weighted by Gasteiger charge is 2.09. The Morgan fingerprint density at radius 2 is 1.50 bits per heavy atom. The fraction of sp³-hybridized carbons (Fsp3) is 0.174. The zero-order valence-electron chi connectivity index (χ0n) is 15.0. The van der Waals surface area contributed by atoms with Crippen LogP contribution in [0.1, 0.15) is 32.6 Å². The minimum Gasteiger partial charge on any atom is -0.507 e. The van der Waals surface area contributed by atoms with Gasteiger partial charge in [-0.15, -0.1) is 0 Å². The number of carbonyl (C=O) groups excluding carboxylic acids is 1. The molecule has 0 amide bonds. The lowest BCUT2D eigenvalue weighted by Crippen LogP contribution is -1.97. The Morgan fingerprint density at radius 1 is 0.846 bits per heavy atom. The molecule has 0 radical (unpaired) electrons. The molecule has 0 aromatic heterocycles. The number of phenols is 1. The smallest absolute Gasteiger partial charge is 0.224 e. The lowest BCUT2D eigenvalue weighted by Gasteiger charge is -2.09. The number of benzene rings is 3. The van der Waals surface area contributed by atoms with Crippen LogP contribution in [0.4, 0.5) is 0 Å². The Morgan fingerprint density at radius 3 is 2.19 bits per heavy atom. The van der Waals surface area contributed by atoms with Crippen molar-refractivity contribution in [2.75, 3.05) is 0 Å². The minimum atomic E-state index is 0.0642. The largest absolute Gasteiger partial charge is 0.507 e. The van der Waals surface area contributed by atoms with Gasteiger partial charge in [-0.2, -0.15) is 0 Å². The molecule has 2 nitrogen and oxygen atoms in total. The Bertz CT molecular complexity index is 893. The number of hydrogen-bond acceptors (Lipinski definition) is 3. The molecule has 0 bridgehead atoms. The highest BCUT2D eigenvalue weighted by molar-refractivity contribution is 8.14. The molecule has 0 atom stereocenters. The molecule has 0 saturated heterocycles. The van der Waals surface area contributed by atoms with E-state index in [1.165, 1.54) is 17.3 Å². The topological polar surface area (TPSA) is 37.3 Å². The summed E-state index contributed by atoms with van der Waals surface area (Å²) in [5.74, 6) is 0.374. The van der Waals surface area contributed by atoms with Gasteiger partial charge in [0.2, 0.25) is 5.12 Å². The van der Waals surface area contributed by atoms with E-state index in [4.69, 9.17) is 0 Å². The summed E-state index contributed by atoms with van der Waals surface area (Å²) >= 11 is 1.26. The van der Waals surface area contributed by atoms with Gasteiger partial charge in [0, 0.05) is 10.5 Å². The molecular formula is C23H22O2S. The van der Waals surface area contributed by atoms with E-state index in [0.29, 0.717) is 5.75 Å². The third-order valence-corrected chi connectivity index (χ3v) is 5.30. The van der Waals surface area contributed by atoms with Crippen molar-refractivity contribution >= 4 is 16.9 Å². The molecule has 0 aliphatic rings. The summed E-state index contributed by atoms with van der Waals surface area (Å²) < 4.78 is 0. The molecule has 3 heteroatoms. The van der Waals surface area contributed by atoms with Crippen LogP contribution >= 0.6 is 11.8 Å². The van der Waals surface area contributed by atoms with Crippen molar-refractivity contribution in [2.45, 2.75) is 31.6 Å². The second-order valence-corrected chi connectivity index (χ2v) is 7.53. The van der Waals surface area contributed by atoms with Crippen LogP contribution < -0.4 is 0 Å². The van der Waals surface area contributed by atoms with Crippen molar-refractivity contribution in [3.63, 3.8) is 0 Å². The van der Waals surface area contributed by atoms with Crippen LogP contribution in [0.25, 0.3) is 0 Å². The number of aromatic hydroxyl groups is 1. The number of carbonyl (C=O) groups is 1. The highest BCUT2D eigenvalue weighted by Crippen LogP contribution is 2.25. The second-order valence-electron chi connectivity index (χ2n) is 6.48. The number of rotatable bonds is 5. The molecule has 3 rings (SSSR count). The van der Waals surface area contributed by atoms with E-state index in [1.54, 1.807) is 0 Å². The molecular weight excluding hydrogens is 340 g/mol. The van der Waals surface area contributed by atoms with Gasteiger partial charge in [-0.05, 0) is 78.9 Å². The first-order valence-electron chi connectivity index (χ1n) is 8.68. The van der Waals surface area contributed by atoms with Gasteiger partial charge in [0.1, 0.15) is 5.75 Å². The SMILES string of the molecule is Cc1cc(CCc2cccc(C(=O)Sc3ccccc3)c2)cc(C)c1O. The molecule has 3 aromatic carbocycles. The summed E-state index contributed by atoms with van der Waals surface area (Å²) in [6, 6.07) is 21.6. The molecule has 0 fully saturated rings. The Balaban J connectivity index is 1.68. The van der Waals surface area contributed by atoms with Gasteiger partial charge < -0.3 is 5.11 Å². The second kappa shape index (κ2) is 8.24. The summed E-state index contributed by atoms with van der Waals surface area (Å²) in [7, 11) is 0. The standard InChI is InChI=1S/C23H22O2S/c1-16-13-19(14-17(2)22(16)24)12-11-18-7-6-8-20(15-18)23(25)26-21-9-4-3-5-10-21/h3-10,13-15,24H,11-12H2,1-2H3. The molecule has 132 valence electrons. The molecule has 0 aliphatic heterocycles. The number of aryl methyl sites for hydroxylation is 4. The van der Waals surface area contributed by atoms with Gasteiger partial charge in [0.15, 0.2) is 0 Å². The molecule has 0 saturated carbocycles.